The van der Waals surface area contributed by atoms with Crippen molar-refractivity contribution < 1.29 is 9.90 Å². The number of carbonyl (C=O) groups excluding carboxylic acids is 1. The van der Waals surface area contributed by atoms with Crippen LogP contribution in [0.1, 0.15) is 62.1 Å². The zero-order chi connectivity index (χ0) is 15.3. The summed E-state index contributed by atoms with van der Waals surface area (Å²) in [6.45, 7) is 5.42. The highest BCUT2D eigenvalue weighted by atomic mass is 16.3. The first-order chi connectivity index (χ1) is 10.1. The van der Waals surface area contributed by atoms with Crippen LogP contribution >= 0.6 is 0 Å². The molecule has 0 aliphatic heterocycles. The van der Waals surface area contributed by atoms with Crippen molar-refractivity contribution in [3.63, 3.8) is 0 Å². The van der Waals surface area contributed by atoms with E-state index >= 15 is 0 Å². The molecule has 5 nitrogen and oxygen atoms in total. The van der Waals surface area contributed by atoms with Gasteiger partial charge in [0, 0.05) is 18.5 Å². The Morgan fingerprint density at radius 1 is 1.38 bits per heavy atom. The zero-order valence-corrected chi connectivity index (χ0v) is 13.2. The van der Waals surface area contributed by atoms with Crippen LogP contribution in [0, 0.1) is 5.41 Å². The quantitative estimate of drug-likeness (QED) is 0.844. The molecule has 2 N–H and O–H groups in total. The topological polar surface area (TPSA) is 67.2 Å². The van der Waals surface area contributed by atoms with Crippen molar-refractivity contribution in [2.45, 2.75) is 58.9 Å². The van der Waals surface area contributed by atoms with Gasteiger partial charge in [0.1, 0.15) is 5.69 Å². The Kier molecular flexibility index (Phi) is 5.39. The molecule has 21 heavy (non-hydrogen) atoms. The van der Waals surface area contributed by atoms with Crippen LogP contribution in [0.25, 0.3) is 0 Å². The number of amides is 1. The number of aliphatic hydroxyl groups is 1. The molecule has 0 radical (unpaired) electrons. The first kappa shape index (κ1) is 16.0. The first-order valence-corrected chi connectivity index (χ1v) is 8.10. The van der Waals surface area contributed by atoms with Gasteiger partial charge in [0.05, 0.1) is 12.3 Å². The first-order valence-electron chi connectivity index (χ1n) is 8.10. The summed E-state index contributed by atoms with van der Waals surface area (Å²) in [7, 11) is 0. The molecule has 1 aromatic heterocycles. The molecule has 1 fully saturated rings. The number of carbonyl (C=O) groups is 1. The summed E-state index contributed by atoms with van der Waals surface area (Å²) in [6.07, 6.45) is 6.34. The Labute approximate surface area is 126 Å². The number of nitrogens with one attached hydrogen (secondary N) is 1. The van der Waals surface area contributed by atoms with Crippen LogP contribution in [-0.2, 0) is 13.0 Å². The maximum atomic E-state index is 12.4. The van der Waals surface area contributed by atoms with Gasteiger partial charge in [-0.15, -0.1) is 0 Å². The van der Waals surface area contributed by atoms with E-state index in [9.17, 15) is 9.90 Å². The van der Waals surface area contributed by atoms with Gasteiger partial charge >= 0.3 is 0 Å². The van der Waals surface area contributed by atoms with Crippen LogP contribution in [0.5, 0.6) is 0 Å². The van der Waals surface area contributed by atoms with Crippen molar-refractivity contribution in [3.05, 3.63) is 17.5 Å². The van der Waals surface area contributed by atoms with Gasteiger partial charge in [0.2, 0.25) is 0 Å². The van der Waals surface area contributed by atoms with Gasteiger partial charge < -0.3 is 10.4 Å². The molecule has 5 heteroatoms. The number of aryl methyl sites for hydroxylation is 2. The molecule has 2 rings (SSSR count). The van der Waals surface area contributed by atoms with Crippen LogP contribution in [0.2, 0.25) is 0 Å². The minimum absolute atomic E-state index is 0.0811. The molecule has 0 unspecified atom stereocenters. The lowest BCUT2D eigenvalue weighted by molar-refractivity contribution is 0.0713. The van der Waals surface area contributed by atoms with Crippen LogP contribution in [0.3, 0.4) is 0 Å². The summed E-state index contributed by atoms with van der Waals surface area (Å²) in [5.41, 5.74) is 1.44. The minimum Gasteiger partial charge on any atom is -0.396 e. The lowest BCUT2D eigenvalue weighted by Gasteiger charge is -2.35. The number of rotatable bonds is 6. The van der Waals surface area contributed by atoms with Crippen molar-refractivity contribution >= 4 is 5.91 Å². The molecule has 1 amide bonds. The molecule has 1 aliphatic carbocycles. The Bertz CT molecular complexity index is 476. The molecule has 0 bridgehead atoms. The average molecular weight is 293 g/mol. The van der Waals surface area contributed by atoms with E-state index in [4.69, 9.17) is 0 Å². The largest absolute Gasteiger partial charge is 0.396 e. The zero-order valence-electron chi connectivity index (χ0n) is 13.2. The third-order valence-corrected chi connectivity index (χ3v) is 4.60. The van der Waals surface area contributed by atoms with E-state index in [1.165, 1.54) is 6.42 Å². The number of hydrogen-bond donors (Lipinski definition) is 2. The lowest BCUT2D eigenvalue weighted by Crippen LogP contribution is -2.41. The minimum atomic E-state index is -0.126. The van der Waals surface area contributed by atoms with E-state index in [1.807, 2.05) is 19.9 Å². The normalized spacial score (nSPS) is 17.7. The predicted octanol–water partition coefficient (Wildman–Crippen LogP) is 2.14. The summed E-state index contributed by atoms with van der Waals surface area (Å²) in [5, 5.41) is 17.1. The van der Waals surface area contributed by atoms with E-state index in [2.05, 4.69) is 10.4 Å². The molecular formula is C16H27N3O2. The number of hydrogen-bond acceptors (Lipinski definition) is 3. The van der Waals surface area contributed by atoms with Crippen molar-refractivity contribution in [2.24, 2.45) is 5.41 Å². The Morgan fingerprint density at radius 2 is 2.10 bits per heavy atom. The SMILES string of the molecule is CCc1cc(C(=O)NCC2(CO)CCCCC2)n(CC)n1. The second-order valence-electron chi connectivity index (χ2n) is 6.09. The standard InChI is InChI=1S/C16H27N3O2/c1-3-13-10-14(19(4-2)18-13)15(21)17-11-16(12-20)8-6-5-7-9-16/h10,20H,3-9,11-12H2,1-2H3,(H,17,21). The summed E-state index contributed by atoms with van der Waals surface area (Å²) in [5.74, 6) is -0.0811. The van der Waals surface area contributed by atoms with E-state index in [1.54, 1.807) is 4.68 Å². The second-order valence-corrected chi connectivity index (χ2v) is 6.09. The van der Waals surface area contributed by atoms with Crippen LogP contribution < -0.4 is 5.32 Å². The van der Waals surface area contributed by atoms with Crippen molar-refractivity contribution in [2.75, 3.05) is 13.2 Å². The lowest BCUT2D eigenvalue weighted by atomic mass is 9.74. The van der Waals surface area contributed by atoms with E-state index in [0.717, 1.165) is 37.8 Å². The molecule has 118 valence electrons. The van der Waals surface area contributed by atoms with Crippen LogP contribution in [0.4, 0.5) is 0 Å². The highest BCUT2D eigenvalue weighted by Gasteiger charge is 2.32. The van der Waals surface area contributed by atoms with Gasteiger partial charge in [0.15, 0.2) is 0 Å². The number of aliphatic hydroxyl groups excluding tert-OH is 1. The fourth-order valence-corrected chi connectivity index (χ4v) is 3.12. The van der Waals surface area contributed by atoms with Crippen molar-refractivity contribution in [1.29, 1.82) is 0 Å². The average Bonchev–Trinajstić information content (AvgIpc) is 2.97. The molecule has 1 aliphatic rings. The van der Waals surface area contributed by atoms with Gasteiger partial charge in [-0.1, -0.05) is 26.2 Å². The Balaban J connectivity index is 2.02. The maximum Gasteiger partial charge on any atom is 0.269 e. The molecule has 0 aromatic carbocycles. The smallest absolute Gasteiger partial charge is 0.269 e. The summed E-state index contributed by atoms with van der Waals surface area (Å²) in [6, 6.07) is 1.87. The third-order valence-electron chi connectivity index (χ3n) is 4.60. The number of aromatic nitrogens is 2. The highest BCUT2D eigenvalue weighted by Crippen LogP contribution is 2.35. The van der Waals surface area contributed by atoms with Crippen molar-refractivity contribution in [1.82, 2.24) is 15.1 Å². The van der Waals surface area contributed by atoms with Crippen LogP contribution in [0.15, 0.2) is 6.07 Å². The van der Waals surface area contributed by atoms with Crippen LogP contribution in [-0.4, -0.2) is 33.9 Å². The number of nitrogens with zero attached hydrogens (tertiary/aromatic N) is 2. The molecule has 0 atom stereocenters. The summed E-state index contributed by atoms with van der Waals surface area (Å²) in [4.78, 5) is 12.4. The summed E-state index contributed by atoms with van der Waals surface area (Å²) >= 11 is 0. The van der Waals surface area contributed by atoms with Gasteiger partial charge in [-0.25, -0.2) is 0 Å². The van der Waals surface area contributed by atoms with E-state index in [-0.39, 0.29) is 17.9 Å². The fourth-order valence-electron chi connectivity index (χ4n) is 3.12. The molecule has 0 saturated heterocycles. The third kappa shape index (κ3) is 3.64. The monoisotopic (exact) mass is 293 g/mol. The molecule has 1 saturated carbocycles. The van der Waals surface area contributed by atoms with Gasteiger partial charge in [-0.05, 0) is 32.3 Å². The van der Waals surface area contributed by atoms with Gasteiger partial charge in [0.25, 0.3) is 5.91 Å². The van der Waals surface area contributed by atoms with Gasteiger partial charge in [-0.3, -0.25) is 9.48 Å². The Hall–Kier alpha value is -1.36. The molecule has 0 spiro atoms. The predicted molar refractivity (Wildman–Crippen MR) is 82.2 cm³/mol. The summed E-state index contributed by atoms with van der Waals surface area (Å²) < 4.78 is 1.75. The molecular weight excluding hydrogens is 266 g/mol. The van der Waals surface area contributed by atoms with Gasteiger partial charge in [-0.2, -0.15) is 5.10 Å². The molecule has 1 heterocycles. The van der Waals surface area contributed by atoms with E-state index < -0.39 is 0 Å². The van der Waals surface area contributed by atoms with Crippen molar-refractivity contribution in [3.8, 4) is 0 Å². The molecule has 1 aromatic rings. The fraction of sp³-hybridized carbons (Fsp3) is 0.750. The Morgan fingerprint density at radius 3 is 2.67 bits per heavy atom. The maximum absolute atomic E-state index is 12.4. The highest BCUT2D eigenvalue weighted by molar-refractivity contribution is 5.92. The van der Waals surface area contributed by atoms with E-state index in [0.29, 0.717) is 18.8 Å². The second kappa shape index (κ2) is 7.07.